The topological polar surface area (TPSA) is 58.2 Å². The second-order valence-electron chi connectivity index (χ2n) is 4.69. The summed E-state index contributed by atoms with van der Waals surface area (Å²) in [5.41, 5.74) is 0. The van der Waals surface area contributed by atoms with Crippen molar-refractivity contribution < 1.29 is 8.42 Å². The Balaban J connectivity index is 2.24. The van der Waals surface area contributed by atoms with Crippen LogP contribution < -0.4 is 10.0 Å². The summed E-state index contributed by atoms with van der Waals surface area (Å²) in [6.07, 6.45) is 1.79. The molecule has 2 N–H and O–H groups in total. The lowest BCUT2D eigenvalue weighted by atomic mass is 10.0. The minimum atomic E-state index is -3.60. The van der Waals surface area contributed by atoms with Crippen LogP contribution in [0.25, 0.3) is 0 Å². The predicted molar refractivity (Wildman–Crippen MR) is 80.0 cm³/mol. The van der Waals surface area contributed by atoms with E-state index in [1.807, 2.05) is 6.92 Å². The van der Waals surface area contributed by atoms with E-state index in [9.17, 15) is 8.42 Å². The van der Waals surface area contributed by atoms with Gasteiger partial charge in [-0.25, -0.2) is 13.1 Å². The standard InChI is InChI=1S/C12H16BrClN2O2S/c1-8-11(3-2-6-15-8)16-19(17,18)12-7-9(13)4-5-10(12)14/h4-5,7-8,11,15-16H,2-3,6H2,1H3. The van der Waals surface area contributed by atoms with Gasteiger partial charge in [0.25, 0.3) is 0 Å². The van der Waals surface area contributed by atoms with Gasteiger partial charge in [0, 0.05) is 16.6 Å². The SMILES string of the molecule is CC1NCCCC1NS(=O)(=O)c1cc(Br)ccc1Cl. The van der Waals surface area contributed by atoms with E-state index in [1.54, 1.807) is 12.1 Å². The molecule has 4 nitrogen and oxygen atoms in total. The molecule has 1 aliphatic heterocycles. The minimum absolute atomic E-state index is 0.103. The van der Waals surface area contributed by atoms with E-state index in [4.69, 9.17) is 11.6 Å². The smallest absolute Gasteiger partial charge is 0.242 e. The van der Waals surface area contributed by atoms with Gasteiger partial charge in [0.1, 0.15) is 4.90 Å². The Labute approximate surface area is 127 Å². The molecule has 1 aromatic carbocycles. The number of benzene rings is 1. The van der Waals surface area contributed by atoms with Crippen molar-refractivity contribution in [3.8, 4) is 0 Å². The number of nitrogens with one attached hydrogen (secondary N) is 2. The summed E-state index contributed by atoms with van der Waals surface area (Å²) in [6, 6.07) is 4.82. The van der Waals surface area contributed by atoms with E-state index >= 15 is 0 Å². The molecule has 0 saturated carbocycles. The van der Waals surface area contributed by atoms with Crippen LogP contribution in [0.5, 0.6) is 0 Å². The third-order valence-corrected chi connectivity index (χ3v) is 5.72. The Bertz CT molecular complexity index is 565. The van der Waals surface area contributed by atoms with Crippen molar-refractivity contribution in [3.05, 3.63) is 27.7 Å². The van der Waals surface area contributed by atoms with Crippen molar-refractivity contribution in [3.63, 3.8) is 0 Å². The molecule has 106 valence electrons. The van der Waals surface area contributed by atoms with E-state index in [-0.39, 0.29) is 22.0 Å². The molecule has 1 heterocycles. The first kappa shape index (κ1) is 15.3. The Morgan fingerprint density at radius 2 is 2.21 bits per heavy atom. The average molecular weight is 368 g/mol. The maximum Gasteiger partial charge on any atom is 0.242 e. The average Bonchev–Trinajstić information content (AvgIpc) is 2.35. The molecule has 0 amide bonds. The van der Waals surface area contributed by atoms with Crippen LogP contribution in [0.1, 0.15) is 19.8 Å². The molecule has 0 spiro atoms. The van der Waals surface area contributed by atoms with Gasteiger partial charge < -0.3 is 5.32 Å². The first-order valence-corrected chi connectivity index (χ1v) is 8.76. The van der Waals surface area contributed by atoms with Gasteiger partial charge in [-0.2, -0.15) is 0 Å². The monoisotopic (exact) mass is 366 g/mol. The molecule has 19 heavy (non-hydrogen) atoms. The summed E-state index contributed by atoms with van der Waals surface area (Å²) in [5.74, 6) is 0. The van der Waals surface area contributed by atoms with Gasteiger partial charge in [0.05, 0.1) is 5.02 Å². The van der Waals surface area contributed by atoms with Crippen molar-refractivity contribution in [1.29, 1.82) is 0 Å². The van der Waals surface area contributed by atoms with Gasteiger partial charge in [-0.1, -0.05) is 27.5 Å². The van der Waals surface area contributed by atoms with Crippen LogP contribution in [0.4, 0.5) is 0 Å². The molecule has 1 aliphatic rings. The molecule has 2 rings (SSSR count). The van der Waals surface area contributed by atoms with E-state index in [1.165, 1.54) is 6.07 Å². The number of sulfonamides is 1. The number of piperidine rings is 1. The van der Waals surface area contributed by atoms with Crippen LogP contribution in [0, 0.1) is 0 Å². The molecular weight excluding hydrogens is 352 g/mol. The molecule has 7 heteroatoms. The highest BCUT2D eigenvalue weighted by Gasteiger charge is 2.27. The minimum Gasteiger partial charge on any atom is -0.313 e. The second kappa shape index (κ2) is 6.10. The fourth-order valence-electron chi connectivity index (χ4n) is 2.15. The van der Waals surface area contributed by atoms with Crippen molar-refractivity contribution >= 4 is 37.6 Å². The highest BCUT2D eigenvalue weighted by atomic mass is 79.9. The fraction of sp³-hybridized carbons (Fsp3) is 0.500. The lowest BCUT2D eigenvalue weighted by molar-refractivity contribution is 0.349. The fourth-order valence-corrected chi connectivity index (χ4v) is 4.54. The number of hydrogen-bond donors (Lipinski definition) is 2. The quantitative estimate of drug-likeness (QED) is 0.863. The highest BCUT2D eigenvalue weighted by molar-refractivity contribution is 9.10. The van der Waals surface area contributed by atoms with Gasteiger partial charge in [0.2, 0.25) is 10.0 Å². The van der Waals surface area contributed by atoms with Crippen LogP contribution in [-0.2, 0) is 10.0 Å². The molecule has 0 aliphatic carbocycles. The van der Waals surface area contributed by atoms with Gasteiger partial charge in [0.15, 0.2) is 0 Å². The highest BCUT2D eigenvalue weighted by Crippen LogP contribution is 2.26. The zero-order chi connectivity index (χ0) is 14.0. The summed E-state index contributed by atoms with van der Waals surface area (Å²) in [7, 11) is -3.60. The zero-order valence-electron chi connectivity index (χ0n) is 10.5. The third-order valence-electron chi connectivity index (χ3n) is 3.25. The molecule has 1 aromatic rings. The Kier molecular flexibility index (Phi) is 4.89. The lowest BCUT2D eigenvalue weighted by Gasteiger charge is -2.30. The number of halogens is 2. The summed E-state index contributed by atoms with van der Waals surface area (Å²) < 4.78 is 28.2. The van der Waals surface area contributed by atoms with Crippen molar-refractivity contribution in [2.24, 2.45) is 0 Å². The predicted octanol–water partition coefficient (Wildman–Crippen LogP) is 2.52. The van der Waals surface area contributed by atoms with Gasteiger partial charge in [-0.3, -0.25) is 0 Å². The number of rotatable bonds is 3. The number of hydrogen-bond acceptors (Lipinski definition) is 3. The molecular formula is C12H16BrClN2O2S. The normalized spacial score (nSPS) is 24.4. The molecule has 2 atom stereocenters. The summed E-state index contributed by atoms with van der Waals surface area (Å²) >= 11 is 9.24. The maximum absolute atomic E-state index is 12.4. The molecule has 1 saturated heterocycles. The Morgan fingerprint density at radius 1 is 1.47 bits per heavy atom. The van der Waals surface area contributed by atoms with Crippen LogP contribution in [0.15, 0.2) is 27.6 Å². The lowest BCUT2D eigenvalue weighted by Crippen LogP contribution is -2.51. The molecule has 0 bridgehead atoms. The Hall–Kier alpha value is -0.140. The van der Waals surface area contributed by atoms with Crippen LogP contribution in [0.2, 0.25) is 5.02 Å². The van der Waals surface area contributed by atoms with Crippen LogP contribution in [0.3, 0.4) is 0 Å². The summed E-state index contributed by atoms with van der Waals surface area (Å²) in [5, 5.41) is 3.49. The van der Waals surface area contributed by atoms with Gasteiger partial charge >= 0.3 is 0 Å². The first-order valence-electron chi connectivity index (χ1n) is 6.11. The van der Waals surface area contributed by atoms with Crippen molar-refractivity contribution in [2.45, 2.75) is 36.7 Å². The van der Waals surface area contributed by atoms with Crippen molar-refractivity contribution in [1.82, 2.24) is 10.0 Å². The van der Waals surface area contributed by atoms with E-state index < -0.39 is 10.0 Å². The molecule has 0 aromatic heterocycles. The summed E-state index contributed by atoms with van der Waals surface area (Å²) in [4.78, 5) is 0.112. The van der Waals surface area contributed by atoms with Gasteiger partial charge in [-0.05, 0) is 44.5 Å². The second-order valence-corrected chi connectivity index (χ2v) is 7.69. The van der Waals surface area contributed by atoms with Crippen LogP contribution >= 0.6 is 27.5 Å². The van der Waals surface area contributed by atoms with Gasteiger partial charge in [-0.15, -0.1) is 0 Å². The first-order chi connectivity index (χ1) is 8.90. The van der Waals surface area contributed by atoms with E-state index in [0.29, 0.717) is 4.47 Å². The molecule has 2 unspecified atom stereocenters. The zero-order valence-corrected chi connectivity index (χ0v) is 13.6. The van der Waals surface area contributed by atoms with E-state index in [0.717, 1.165) is 19.4 Å². The molecule has 0 radical (unpaired) electrons. The third kappa shape index (κ3) is 3.70. The molecule has 1 fully saturated rings. The largest absolute Gasteiger partial charge is 0.313 e. The Morgan fingerprint density at radius 3 is 2.89 bits per heavy atom. The van der Waals surface area contributed by atoms with E-state index in [2.05, 4.69) is 26.0 Å². The van der Waals surface area contributed by atoms with Crippen molar-refractivity contribution in [2.75, 3.05) is 6.54 Å². The maximum atomic E-state index is 12.4. The van der Waals surface area contributed by atoms with Crippen LogP contribution in [-0.4, -0.2) is 27.0 Å². The summed E-state index contributed by atoms with van der Waals surface area (Å²) in [6.45, 7) is 2.91.